The number of hydrogen-bond acceptors (Lipinski definition) is 2. The molecule has 3 nitrogen and oxygen atoms in total. The van der Waals surface area contributed by atoms with E-state index >= 15 is 0 Å². The maximum absolute atomic E-state index is 11.2. The molecule has 0 aliphatic heterocycles. The maximum Gasteiger partial charge on any atom is 0.223 e. The van der Waals surface area contributed by atoms with E-state index in [0.717, 1.165) is 21.2 Å². The minimum Gasteiger partial charge on any atom is -0.618 e. The molecule has 0 spiro atoms. The zero-order chi connectivity index (χ0) is 16.2. The van der Waals surface area contributed by atoms with Crippen molar-refractivity contribution in [1.29, 1.82) is 0 Å². The van der Waals surface area contributed by atoms with Gasteiger partial charge in [-0.2, -0.15) is 4.73 Å². The number of pyridine rings is 2. The van der Waals surface area contributed by atoms with Crippen LogP contribution >= 0.6 is 0 Å². The van der Waals surface area contributed by atoms with Crippen LogP contribution in [0.4, 0.5) is 0 Å². The molecule has 0 aliphatic rings. The fourth-order valence-corrected chi connectivity index (χ4v) is 2.51. The van der Waals surface area contributed by atoms with Gasteiger partial charge in [0.2, 0.25) is 5.52 Å². The average molecular weight is 302 g/mol. The largest absolute Gasteiger partial charge is 0.618 e. The molecule has 3 heteroatoms. The van der Waals surface area contributed by atoms with Gasteiger partial charge in [-0.15, -0.1) is 0 Å². The molecule has 0 N–H and O–H groups in total. The van der Waals surface area contributed by atoms with E-state index in [0.29, 0.717) is 0 Å². The second-order valence-electron chi connectivity index (χ2n) is 5.60. The second kappa shape index (κ2) is 6.44. The Bertz CT molecular complexity index is 964. The molecule has 2 aromatic heterocycles. The number of nitrogens with zero attached hydrogens (tertiary/aromatic N) is 2. The number of rotatable bonds is 0. The van der Waals surface area contributed by atoms with Crippen molar-refractivity contribution in [2.24, 2.45) is 0 Å². The van der Waals surface area contributed by atoms with E-state index in [-0.39, 0.29) is 0 Å². The summed E-state index contributed by atoms with van der Waals surface area (Å²) < 4.78 is 0.884. The smallest absolute Gasteiger partial charge is 0.223 e. The molecule has 23 heavy (non-hydrogen) atoms. The van der Waals surface area contributed by atoms with Crippen molar-refractivity contribution in [3.63, 3.8) is 0 Å². The summed E-state index contributed by atoms with van der Waals surface area (Å²) in [5.74, 6) is 0. The summed E-state index contributed by atoms with van der Waals surface area (Å²) in [6, 6.07) is 19.8. The summed E-state index contributed by atoms with van der Waals surface area (Å²) in [4.78, 5) is 4.22. The van der Waals surface area contributed by atoms with Crippen LogP contribution < -0.4 is 4.73 Å². The van der Waals surface area contributed by atoms with Gasteiger partial charge in [0, 0.05) is 29.1 Å². The predicted octanol–water partition coefficient (Wildman–Crippen LogP) is 4.32. The molecular formula is C20H18N2O. The van der Waals surface area contributed by atoms with Gasteiger partial charge in [-0.3, -0.25) is 4.98 Å². The molecular weight excluding hydrogens is 284 g/mol. The third-order valence-corrected chi connectivity index (χ3v) is 3.68. The number of benzene rings is 2. The summed E-state index contributed by atoms with van der Waals surface area (Å²) in [6.45, 7) is 4.11. The number of fused-ring (bicyclic) bond motifs is 2. The molecule has 0 saturated heterocycles. The lowest BCUT2D eigenvalue weighted by Crippen LogP contribution is -2.25. The fraction of sp³-hybridized carbons (Fsp3) is 0.100. The van der Waals surface area contributed by atoms with Gasteiger partial charge in [0.1, 0.15) is 0 Å². The molecule has 4 aromatic rings. The maximum atomic E-state index is 11.2. The highest BCUT2D eigenvalue weighted by Gasteiger charge is 2.00. The Hall–Kier alpha value is -2.94. The first-order chi connectivity index (χ1) is 11.1. The molecule has 0 fully saturated rings. The van der Waals surface area contributed by atoms with Crippen LogP contribution in [0.5, 0.6) is 0 Å². The van der Waals surface area contributed by atoms with Crippen LogP contribution in [0.3, 0.4) is 0 Å². The molecule has 2 heterocycles. The third kappa shape index (κ3) is 3.46. The topological polar surface area (TPSA) is 39.8 Å². The molecule has 0 amide bonds. The quantitative estimate of drug-likeness (QED) is 0.358. The number of aryl methyl sites for hydroxylation is 2. The zero-order valence-electron chi connectivity index (χ0n) is 13.2. The number of hydrogen-bond donors (Lipinski definition) is 0. The molecule has 4 rings (SSSR count). The fourth-order valence-electron chi connectivity index (χ4n) is 2.51. The molecule has 0 radical (unpaired) electrons. The van der Waals surface area contributed by atoms with Crippen LogP contribution in [0, 0.1) is 19.1 Å². The molecule has 0 atom stereocenters. The van der Waals surface area contributed by atoms with E-state index < -0.39 is 0 Å². The molecule has 0 bridgehead atoms. The van der Waals surface area contributed by atoms with Crippen LogP contribution in [-0.2, 0) is 0 Å². The van der Waals surface area contributed by atoms with Gasteiger partial charge >= 0.3 is 0 Å². The van der Waals surface area contributed by atoms with Gasteiger partial charge in [0.05, 0.1) is 5.52 Å². The first kappa shape index (κ1) is 15.0. The van der Waals surface area contributed by atoms with Crippen molar-refractivity contribution in [3.8, 4) is 0 Å². The lowest BCUT2D eigenvalue weighted by molar-refractivity contribution is -0.577. The van der Waals surface area contributed by atoms with Crippen molar-refractivity contribution < 1.29 is 4.73 Å². The minimum absolute atomic E-state index is 0.725. The van der Waals surface area contributed by atoms with Crippen LogP contribution in [0.2, 0.25) is 0 Å². The van der Waals surface area contributed by atoms with E-state index in [1.165, 1.54) is 22.7 Å². The van der Waals surface area contributed by atoms with E-state index in [1.807, 2.05) is 49.5 Å². The Morgan fingerprint density at radius 2 is 1.52 bits per heavy atom. The van der Waals surface area contributed by atoms with Crippen LogP contribution in [0.25, 0.3) is 21.8 Å². The normalized spacial score (nSPS) is 10.3. The Labute approximate surface area is 135 Å². The predicted molar refractivity (Wildman–Crippen MR) is 94.1 cm³/mol. The van der Waals surface area contributed by atoms with Crippen LogP contribution in [-0.4, -0.2) is 4.98 Å². The van der Waals surface area contributed by atoms with Crippen molar-refractivity contribution in [1.82, 2.24) is 4.98 Å². The number of aromatic nitrogens is 2. The van der Waals surface area contributed by atoms with E-state index in [2.05, 4.69) is 30.1 Å². The van der Waals surface area contributed by atoms with Gasteiger partial charge in [-0.05, 0) is 44.2 Å². The highest BCUT2D eigenvalue weighted by Crippen LogP contribution is 2.12. The summed E-state index contributed by atoms with van der Waals surface area (Å²) >= 11 is 0. The Kier molecular flexibility index (Phi) is 4.20. The van der Waals surface area contributed by atoms with Gasteiger partial charge in [-0.25, -0.2) is 0 Å². The molecule has 114 valence electrons. The lowest BCUT2D eigenvalue weighted by atomic mass is 10.1. The summed E-state index contributed by atoms with van der Waals surface area (Å²) in [7, 11) is 0. The van der Waals surface area contributed by atoms with Crippen LogP contribution in [0.15, 0.2) is 73.1 Å². The lowest BCUT2D eigenvalue weighted by Gasteiger charge is -2.00. The Balaban J connectivity index is 0.000000136. The van der Waals surface area contributed by atoms with Gasteiger partial charge in [0.25, 0.3) is 0 Å². The molecule has 0 aliphatic carbocycles. The van der Waals surface area contributed by atoms with Crippen molar-refractivity contribution in [2.75, 3.05) is 0 Å². The van der Waals surface area contributed by atoms with E-state index in [9.17, 15) is 5.21 Å². The summed E-state index contributed by atoms with van der Waals surface area (Å²) in [5.41, 5.74) is 4.25. The van der Waals surface area contributed by atoms with Gasteiger partial charge in [0.15, 0.2) is 6.20 Å². The minimum atomic E-state index is 0.725. The third-order valence-electron chi connectivity index (χ3n) is 3.68. The van der Waals surface area contributed by atoms with E-state index in [4.69, 9.17) is 0 Å². The van der Waals surface area contributed by atoms with Crippen molar-refractivity contribution in [2.45, 2.75) is 13.8 Å². The van der Waals surface area contributed by atoms with Gasteiger partial charge < -0.3 is 5.21 Å². The summed E-state index contributed by atoms with van der Waals surface area (Å²) in [5, 5.41) is 13.4. The first-order valence-corrected chi connectivity index (χ1v) is 7.53. The first-order valence-electron chi connectivity index (χ1n) is 7.53. The highest BCUT2D eigenvalue weighted by atomic mass is 16.5. The van der Waals surface area contributed by atoms with Gasteiger partial charge in [-0.1, -0.05) is 29.3 Å². The zero-order valence-corrected chi connectivity index (χ0v) is 13.2. The SMILES string of the molecule is Cc1ccc2c(ccc[n+]2[O-])c1.Cc1ccc2ncccc2c1. The highest BCUT2D eigenvalue weighted by molar-refractivity contribution is 5.78. The average Bonchev–Trinajstić information content (AvgIpc) is 2.55. The Morgan fingerprint density at radius 3 is 2.35 bits per heavy atom. The molecule has 2 aromatic carbocycles. The monoisotopic (exact) mass is 302 g/mol. The van der Waals surface area contributed by atoms with Crippen molar-refractivity contribution in [3.05, 3.63) is 89.4 Å². The van der Waals surface area contributed by atoms with Crippen molar-refractivity contribution >= 4 is 21.8 Å². The van der Waals surface area contributed by atoms with E-state index in [1.54, 1.807) is 6.07 Å². The molecule has 0 saturated carbocycles. The van der Waals surface area contributed by atoms with Crippen LogP contribution in [0.1, 0.15) is 11.1 Å². The molecule has 0 unspecified atom stereocenters. The Morgan fingerprint density at radius 1 is 0.826 bits per heavy atom. The summed E-state index contributed by atoms with van der Waals surface area (Å²) in [6.07, 6.45) is 3.33. The standard InChI is InChI=1S/C10H9NO.C10H9N/c1-8-4-5-10-9(7-8)3-2-6-11(10)12;1-8-4-5-10-9(7-8)3-2-6-11-10/h2-7H,1H3;2-7H,1H3. The second-order valence-corrected chi connectivity index (χ2v) is 5.60.